The molecular weight excluding hydrogens is 320 g/mol. The van der Waals surface area contributed by atoms with Crippen LogP contribution in [0.15, 0.2) is 40.8 Å². The Bertz CT molecular complexity index is 739. The molecule has 3 N–H and O–H groups in total. The van der Waals surface area contributed by atoms with Gasteiger partial charge in [-0.3, -0.25) is 0 Å². The first kappa shape index (κ1) is 17.4. The van der Waals surface area contributed by atoms with Gasteiger partial charge in [-0.2, -0.15) is 0 Å². The van der Waals surface area contributed by atoms with E-state index in [0.29, 0.717) is 18.9 Å². The lowest BCUT2D eigenvalue weighted by Gasteiger charge is -2.26. The molecule has 25 heavy (non-hydrogen) atoms. The minimum Gasteiger partial charge on any atom is -0.493 e. The van der Waals surface area contributed by atoms with Gasteiger partial charge < -0.3 is 24.9 Å². The van der Waals surface area contributed by atoms with Gasteiger partial charge in [-0.05, 0) is 44.0 Å². The van der Waals surface area contributed by atoms with Crippen LogP contribution in [0.4, 0.5) is 4.79 Å². The van der Waals surface area contributed by atoms with Crippen LogP contribution in [0.1, 0.15) is 24.0 Å². The van der Waals surface area contributed by atoms with Crippen LogP contribution in [0.25, 0.3) is 0 Å². The molecule has 2 unspecified atom stereocenters. The average molecular weight is 344 g/mol. The molecule has 2 heterocycles. The number of para-hydroxylation sites is 1. The van der Waals surface area contributed by atoms with E-state index in [2.05, 4.69) is 10.6 Å². The Balaban J connectivity index is 1.44. The zero-order valence-corrected chi connectivity index (χ0v) is 14.5. The Kier molecular flexibility index (Phi) is 4.99. The normalized spacial score (nSPS) is 18.6. The third-order valence-electron chi connectivity index (χ3n) is 4.37. The van der Waals surface area contributed by atoms with Crippen molar-refractivity contribution in [3.05, 3.63) is 53.5 Å². The number of ether oxygens (including phenoxy) is 1. The fourth-order valence-electron chi connectivity index (χ4n) is 2.88. The highest BCUT2D eigenvalue weighted by Gasteiger charge is 2.27. The molecule has 1 aromatic carbocycles. The molecule has 2 aromatic rings. The predicted molar refractivity (Wildman–Crippen MR) is 93.5 cm³/mol. The molecular formula is C19H24N2O4. The standard InChI is InChI=1S/C19H24N2O4/c1-13-7-8-17(25-13)19(2,23)12-21-18(22)20-10-14-9-15-5-3-4-6-16(15)24-11-14/h3-8,14,23H,9-12H2,1-2H3,(H2,20,21,22). The molecule has 1 aliphatic rings. The highest BCUT2D eigenvalue weighted by Crippen LogP contribution is 2.26. The summed E-state index contributed by atoms with van der Waals surface area (Å²) in [5.74, 6) is 2.31. The van der Waals surface area contributed by atoms with Crippen molar-refractivity contribution in [2.45, 2.75) is 25.9 Å². The van der Waals surface area contributed by atoms with Crippen LogP contribution in [0.3, 0.4) is 0 Å². The fourth-order valence-corrected chi connectivity index (χ4v) is 2.88. The number of aliphatic hydroxyl groups is 1. The van der Waals surface area contributed by atoms with E-state index in [4.69, 9.17) is 9.15 Å². The van der Waals surface area contributed by atoms with E-state index in [0.717, 1.165) is 23.5 Å². The van der Waals surface area contributed by atoms with Gasteiger partial charge in [0.05, 0.1) is 13.2 Å². The molecule has 134 valence electrons. The second-order valence-corrected chi connectivity index (χ2v) is 6.74. The minimum atomic E-state index is -1.25. The molecule has 6 nitrogen and oxygen atoms in total. The van der Waals surface area contributed by atoms with Gasteiger partial charge in [-0.15, -0.1) is 0 Å². The zero-order valence-electron chi connectivity index (χ0n) is 14.5. The Labute approximate surface area is 147 Å². The third-order valence-corrected chi connectivity index (χ3v) is 4.37. The van der Waals surface area contributed by atoms with E-state index < -0.39 is 5.60 Å². The SMILES string of the molecule is Cc1ccc(C(C)(O)CNC(=O)NCC2COc3ccccc3C2)o1. The van der Waals surface area contributed by atoms with Gasteiger partial charge in [-0.1, -0.05) is 18.2 Å². The molecule has 0 saturated heterocycles. The Morgan fingerprint density at radius 3 is 2.84 bits per heavy atom. The number of hydrogen-bond acceptors (Lipinski definition) is 4. The molecule has 0 aliphatic carbocycles. The van der Waals surface area contributed by atoms with Gasteiger partial charge in [-0.25, -0.2) is 4.79 Å². The summed E-state index contributed by atoms with van der Waals surface area (Å²) in [6.07, 6.45) is 0.875. The Hall–Kier alpha value is -2.47. The van der Waals surface area contributed by atoms with Crippen molar-refractivity contribution in [2.75, 3.05) is 19.7 Å². The number of fused-ring (bicyclic) bond motifs is 1. The number of benzene rings is 1. The lowest BCUT2D eigenvalue weighted by molar-refractivity contribution is 0.0359. The first-order chi connectivity index (χ1) is 11.9. The van der Waals surface area contributed by atoms with Crippen LogP contribution in [-0.4, -0.2) is 30.8 Å². The van der Waals surface area contributed by atoms with Crippen molar-refractivity contribution in [1.29, 1.82) is 0 Å². The van der Waals surface area contributed by atoms with E-state index >= 15 is 0 Å². The fraction of sp³-hybridized carbons (Fsp3) is 0.421. The van der Waals surface area contributed by atoms with Crippen molar-refractivity contribution >= 4 is 6.03 Å². The summed E-state index contributed by atoms with van der Waals surface area (Å²) in [5, 5.41) is 15.9. The molecule has 6 heteroatoms. The van der Waals surface area contributed by atoms with Crippen LogP contribution in [-0.2, 0) is 12.0 Å². The second kappa shape index (κ2) is 7.19. The van der Waals surface area contributed by atoms with E-state index in [-0.39, 0.29) is 18.5 Å². The summed E-state index contributed by atoms with van der Waals surface area (Å²) in [5.41, 5.74) is -0.0875. The minimum absolute atomic E-state index is 0.0653. The quantitative estimate of drug-likeness (QED) is 0.777. The largest absolute Gasteiger partial charge is 0.493 e. The highest BCUT2D eigenvalue weighted by molar-refractivity contribution is 5.73. The lowest BCUT2D eigenvalue weighted by Crippen LogP contribution is -2.45. The number of carbonyl (C=O) groups is 1. The molecule has 0 fully saturated rings. The van der Waals surface area contributed by atoms with Crippen molar-refractivity contribution in [2.24, 2.45) is 5.92 Å². The average Bonchev–Trinajstić information content (AvgIpc) is 3.05. The van der Waals surface area contributed by atoms with Crippen molar-refractivity contribution in [3.8, 4) is 5.75 Å². The maximum atomic E-state index is 12.0. The number of amides is 2. The number of furan rings is 1. The van der Waals surface area contributed by atoms with Crippen LogP contribution in [0, 0.1) is 12.8 Å². The maximum absolute atomic E-state index is 12.0. The van der Waals surface area contributed by atoms with Gasteiger partial charge in [0.15, 0.2) is 0 Å². The molecule has 2 amide bonds. The molecule has 1 aliphatic heterocycles. The van der Waals surface area contributed by atoms with Gasteiger partial charge in [0.2, 0.25) is 0 Å². The van der Waals surface area contributed by atoms with Gasteiger partial charge in [0.25, 0.3) is 0 Å². The molecule has 1 aromatic heterocycles. The smallest absolute Gasteiger partial charge is 0.314 e. The predicted octanol–water partition coefficient (Wildman–Crippen LogP) is 2.35. The molecule has 0 radical (unpaired) electrons. The summed E-state index contributed by atoms with van der Waals surface area (Å²) in [7, 11) is 0. The Morgan fingerprint density at radius 1 is 1.28 bits per heavy atom. The van der Waals surface area contributed by atoms with E-state index in [1.54, 1.807) is 19.1 Å². The van der Waals surface area contributed by atoms with E-state index in [1.807, 2.05) is 31.2 Å². The monoisotopic (exact) mass is 344 g/mol. The summed E-state index contributed by atoms with van der Waals surface area (Å²) < 4.78 is 11.1. The summed E-state index contributed by atoms with van der Waals surface area (Å²) in [4.78, 5) is 12.0. The highest BCUT2D eigenvalue weighted by atomic mass is 16.5. The van der Waals surface area contributed by atoms with Crippen molar-refractivity contribution in [3.63, 3.8) is 0 Å². The number of nitrogens with one attached hydrogen (secondary N) is 2. The Morgan fingerprint density at radius 2 is 2.08 bits per heavy atom. The number of urea groups is 1. The van der Waals surface area contributed by atoms with E-state index in [9.17, 15) is 9.90 Å². The van der Waals surface area contributed by atoms with Crippen molar-refractivity contribution < 1.29 is 19.1 Å². The number of aryl methyl sites for hydroxylation is 1. The van der Waals surface area contributed by atoms with E-state index in [1.165, 1.54) is 0 Å². The van der Waals surface area contributed by atoms with Crippen LogP contribution in [0.5, 0.6) is 5.75 Å². The maximum Gasteiger partial charge on any atom is 0.314 e. The topological polar surface area (TPSA) is 83.7 Å². The van der Waals surface area contributed by atoms with Gasteiger partial charge in [0.1, 0.15) is 22.9 Å². The number of carbonyl (C=O) groups excluding carboxylic acids is 1. The lowest BCUT2D eigenvalue weighted by atomic mass is 9.97. The van der Waals surface area contributed by atoms with Crippen LogP contribution < -0.4 is 15.4 Å². The number of rotatable bonds is 5. The van der Waals surface area contributed by atoms with Crippen molar-refractivity contribution in [1.82, 2.24) is 10.6 Å². The first-order valence-electron chi connectivity index (χ1n) is 8.46. The molecule has 0 spiro atoms. The molecule has 0 bridgehead atoms. The van der Waals surface area contributed by atoms with Gasteiger partial charge >= 0.3 is 6.03 Å². The van der Waals surface area contributed by atoms with Crippen LogP contribution in [0.2, 0.25) is 0 Å². The molecule has 2 atom stereocenters. The van der Waals surface area contributed by atoms with Gasteiger partial charge in [0, 0.05) is 12.5 Å². The second-order valence-electron chi connectivity index (χ2n) is 6.74. The molecule has 3 rings (SSSR count). The summed E-state index contributed by atoms with van der Waals surface area (Å²) in [6, 6.07) is 11.1. The number of hydrogen-bond donors (Lipinski definition) is 3. The molecule has 0 saturated carbocycles. The summed E-state index contributed by atoms with van der Waals surface area (Å²) in [6.45, 7) is 4.58. The summed E-state index contributed by atoms with van der Waals surface area (Å²) >= 11 is 0. The third kappa shape index (κ3) is 4.33. The van der Waals surface area contributed by atoms with Crippen LogP contribution >= 0.6 is 0 Å². The zero-order chi connectivity index (χ0) is 17.9. The first-order valence-corrected chi connectivity index (χ1v) is 8.46.